The molecule has 1 N–H and O–H groups in total. The number of amides is 3. The molecule has 4 rings (SSSR count). The first kappa shape index (κ1) is 24.5. The van der Waals surface area contributed by atoms with E-state index in [1.54, 1.807) is 42.5 Å². The Morgan fingerprint density at radius 2 is 1.63 bits per heavy atom. The van der Waals surface area contributed by atoms with Crippen molar-refractivity contribution < 1.29 is 23.9 Å². The first-order chi connectivity index (χ1) is 16.8. The minimum atomic E-state index is -0.641. The third-order valence-electron chi connectivity index (χ3n) is 4.77. The molecule has 35 heavy (non-hydrogen) atoms. The molecule has 3 aromatic rings. The van der Waals surface area contributed by atoms with Crippen LogP contribution in [0.1, 0.15) is 15.9 Å². The van der Waals surface area contributed by atoms with Crippen LogP contribution in [0, 0.1) is 0 Å². The number of nitrogens with one attached hydrogen (secondary N) is 1. The highest BCUT2D eigenvalue weighted by Crippen LogP contribution is 2.35. The lowest BCUT2D eigenvalue weighted by Crippen LogP contribution is -2.36. The van der Waals surface area contributed by atoms with Crippen molar-refractivity contribution >= 4 is 69.8 Å². The highest BCUT2D eigenvalue weighted by molar-refractivity contribution is 8.18. The van der Waals surface area contributed by atoms with Crippen LogP contribution in [0.3, 0.4) is 0 Å². The highest BCUT2D eigenvalue weighted by atomic mass is 35.5. The number of hydrogen-bond donors (Lipinski definition) is 1. The van der Waals surface area contributed by atoms with Gasteiger partial charge < -0.3 is 10.1 Å². The first-order valence-electron chi connectivity index (χ1n) is 10.2. The molecule has 1 aliphatic heterocycles. The lowest BCUT2D eigenvalue weighted by Gasteiger charge is -2.12. The van der Waals surface area contributed by atoms with Crippen molar-refractivity contribution in [3.05, 3.63) is 98.9 Å². The van der Waals surface area contributed by atoms with E-state index in [9.17, 15) is 19.2 Å². The molecule has 0 aliphatic carbocycles. The number of para-hydroxylation sites is 1. The number of carbonyl (C=O) groups is 4. The van der Waals surface area contributed by atoms with Gasteiger partial charge in [-0.25, -0.2) is 4.79 Å². The van der Waals surface area contributed by atoms with Crippen LogP contribution < -0.4 is 10.1 Å². The SMILES string of the molecule is O=C(CN1C(=O)S/C(=C\c2cc(Cl)ccc2OC(=O)c2ccc(Cl)cc2)C1=O)Nc1ccccc1. The summed E-state index contributed by atoms with van der Waals surface area (Å²) in [5.74, 6) is -1.65. The number of thioether (sulfide) groups is 1. The Hall–Kier alpha value is -3.59. The Bertz CT molecular complexity index is 1340. The molecular weight excluding hydrogens is 511 g/mol. The van der Waals surface area contributed by atoms with Gasteiger partial charge in [-0.15, -0.1) is 0 Å². The zero-order chi connectivity index (χ0) is 24.9. The van der Waals surface area contributed by atoms with Crippen LogP contribution in [0.25, 0.3) is 6.08 Å². The Kier molecular flexibility index (Phi) is 7.55. The number of carbonyl (C=O) groups excluding carboxylic acids is 4. The van der Waals surface area contributed by atoms with E-state index in [1.165, 1.54) is 36.4 Å². The number of hydrogen-bond acceptors (Lipinski definition) is 6. The van der Waals surface area contributed by atoms with Crippen molar-refractivity contribution in [1.82, 2.24) is 4.90 Å². The van der Waals surface area contributed by atoms with Gasteiger partial charge in [0.25, 0.3) is 11.1 Å². The number of rotatable bonds is 6. The van der Waals surface area contributed by atoms with Crippen molar-refractivity contribution in [1.29, 1.82) is 0 Å². The summed E-state index contributed by atoms with van der Waals surface area (Å²) in [6.45, 7) is -0.440. The molecule has 7 nitrogen and oxygen atoms in total. The topological polar surface area (TPSA) is 92.8 Å². The summed E-state index contributed by atoms with van der Waals surface area (Å²) in [5, 5.41) is 2.85. The van der Waals surface area contributed by atoms with Crippen LogP contribution in [0.15, 0.2) is 77.7 Å². The molecule has 0 bridgehead atoms. The summed E-state index contributed by atoms with van der Waals surface area (Å²) in [5.41, 5.74) is 1.14. The average molecular weight is 527 g/mol. The number of nitrogens with zero attached hydrogens (tertiary/aromatic N) is 1. The Morgan fingerprint density at radius 1 is 0.943 bits per heavy atom. The van der Waals surface area contributed by atoms with Crippen LogP contribution in [-0.2, 0) is 9.59 Å². The third kappa shape index (κ3) is 6.10. The van der Waals surface area contributed by atoms with E-state index in [-0.39, 0.29) is 16.2 Å². The van der Waals surface area contributed by atoms with Gasteiger partial charge in [-0.05, 0) is 72.4 Å². The monoisotopic (exact) mass is 526 g/mol. The highest BCUT2D eigenvalue weighted by Gasteiger charge is 2.36. The molecule has 0 radical (unpaired) electrons. The zero-order valence-electron chi connectivity index (χ0n) is 17.9. The fraction of sp³-hybridized carbons (Fsp3) is 0.0400. The lowest BCUT2D eigenvalue weighted by atomic mass is 10.1. The maximum absolute atomic E-state index is 12.9. The van der Waals surface area contributed by atoms with Crippen molar-refractivity contribution in [2.75, 3.05) is 11.9 Å². The Morgan fingerprint density at radius 3 is 2.34 bits per heavy atom. The van der Waals surface area contributed by atoms with Crippen LogP contribution in [0.2, 0.25) is 10.0 Å². The van der Waals surface area contributed by atoms with Crippen molar-refractivity contribution in [2.24, 2.45) is 0 Å². The molecule has 3 amide bonds. The Labute approximate surface area is 214 Å². The smallest absolute Gasteiger partial charge is 0.343 e. The van der Waals surface area contributed by atoms with Crippen molar-refractivity contribution in [3.8, 4) is 5.75 Å². The quantitative estimate of drug-likeness (QED) is 0.244. The standard InChI is InChI=1S/C25H16Cl2N2O5S/c26-17-8-6-15(7-9-17)24(32)34-20-11-10-18(27)12-16(20)13-21-23(31)29(25(33)35-21)14-22(30)28-19-4-2-1-3-5-19/h1-13H,14H2,(H,28,30)/b21-13-. The van der Waals surface area contributed by atoms with Crippen LogP contribution in [0.4, 0.5) is 10.5 Å². The molecule has 0 saturated carbocycles. The summed E-state index contributed by atoms with van der Waals surface area (Å²) < 4.78 is 5.49. The number of imide groups is 1. The molecule has 10 heteroatoms. The van der Waals surface area contributed by atoms with E-state index in [1.807, 2.05) is 0 Å². The summed E-state index contributed by atoms with van der Waals surface area (Å²) in [6, 6.07) is 19.4. The fourth-order valence-corrected chi connectivity index (χ4v) is 4.25. The normalized spacial score (nSPS) is 14.3. The van der Waals surface area contributed by atoms with Gasteiger partial charge in [0.1, 0.15) is 12.3 Å². The predicted octanol–water partition coefficient (Wildman–Crippen LogP) is 5.89. The predicted molar refractivity (Wildman–Crippen MR) is 136 cm³/mol. The van der Waals surface area contributed by atoms with E-state index in [2.05, 4.69) is 5.32 Å². The van der Waals surface area contributed by atoms with Crippen LogP contribution in [-0.4, -0.2) is 34.5 Å². The molecule has 0 atom stereocenters. The molecule has 1 aliphatic rings. The number of benzene rings is 3. The molecule has 1 saturated heterocycles. The number of esters is 1. The van der Waals surface area contributed by atoms with Crippen LogP contribution in [0.5, 0.6) is 5.75 Å². The number of ether oxygens (including phenoxy) is 1. The summed E-state index contributed by atoms with van der Waals surface area (Å²) in [4.78, 5) is 51.1. The summed E-state index contributed by atoms with van der Waals surface area (Å²) in [7, 11) is 0. The van der Waals surface area contributed by atoms with Gasteiger partial charge in [-0.3, -0.25) is 19.3 Å². The molecule has 1 fully saturated rings. The summed E-state index contributed by atoms with van der Waals surface area (Å²) >= 11 is 12.6. The molecular formula is C25H16Cl2N2O5S. The fourth-order valence-electron chi connectivity index (χ4n) is 3.11. The van der Waals surface area contributed by atoms with Gasteiger partial charge >= 0.3 is 5.97 Å². The zero-order valence-corrected chi connectivity index (χ0v) is 20.2. The van der Waals surface area contributed by atoms with Gasteiger partial charge in [0, 0.05) is 21.3 Å². The van der Waals surface area contributed by atoms with Gasteiger partial charge in [-0.2, -0.15) is 0 Å². The van der Waals surface area contributed by atoms with Crippen molar-refractivity contribution in [2.45, 2.75) is 0 Å². The second-order valence-corrected chi connectivity index (χ2v) is 9.13. The number of anilines is 1. The van der Waals surface area contributed by atoms with Crippen molar-refractivity contribution in [3.63, 3.8) is 0 Å². The van der Waals surface area contributed by atoms with Crippen LogP contribution >= 0.6 is 35.0 Å². The van der Waals surface area contributed by atoms with E-state index in [0.29, 0.717) is 33.1 Å². The van der Waals surface area contributed by atoms with E-state index < -0.39 is 29.6 Å². The third-order valence-corrected chi connectivity index (χ3v) is 6.17. The van der Waals surface area contributed by atoms with E-state index in [4.69, 9.17) is 27.9 Å². The molecule has 0 unspecified atom stereocenters. The second kappa shape index (κ2) is 10.8. The molecule has 0 spiro atoms. The lowest BCUT2D eigenvalue weighted by molar-refractivity contribution is -0.127. The van der Waals surface area contributed by atoms with E-state index in [0.717, 1.165) is 4.90 Å². The average Bonchev–Trinajstić information content (AvgIpc) is 3.09. The molecule has 176 valence electrons. The largest absolute Gasteiger partial charge is 0.422 e. The maximum atomic E-state index is 12.9. The molecule has 3 aromatic carbocycles. The number of halogens is 2. The Balaban J connectivity index is 1.52. The minimum absolute atomic E-state index is 0.0635. The maximum Gasteiger partial charge on any atom is 0.343 e. The van der Waals surface area contributed by atoms with Gasteiger partial charge in [0.05, 0.1) is 10.5 Å². The van der Waals surface area contributed by atoms with Gasteiger partial charge in [0.15, 0.2) is 0 Å². The minimum Gasteiger partial charge on any atom is -0.422 e. The molecule has 1 heterocycles. The molecule has 0 aromatic heterocycles. The van der Waals surface area contributed by atoms with Gasteiger partial charge in [0.2, 0.25) is 5.91 Å². The first-order valence-corrected chi connectivity index (χ1v) is 11.7. The van der Waals surface area contributed by atoms with E-state index >= 15 is 0 Å². The second-order valence-electron chi connectivity index (χ2n) is 7.26. The van der Waals surface area contributed by atoms with Gasteiger partial charge in [-0.1, -0.05) is 41.4 Å². The summed E-state index contributed by atoms with van der Waals surface area (Å²) in [6.07, 6.45) is 1.40.